The van der Waals surface area contributed by atoms with Crippen LogP contribution >= 0.6 is 0 Å². The van der Waals surface area contributed by atoms with E-state index in [1.165, 1.54) is 37.1 Å². The van der Waals surface area contributed by atoms with Gasteiger partial charge in [0.1, 0.15) is 0 Å². The molecule has 0 amide bonds. The van der Waals surface area contributed by atoms with E-state index in [2.05, 4.69) is 28.3 Å². The highest BCUT2D eigenvalue weighted by Crippen LogP contribution is 2.28. The minimum absolute atomic E-state index is 0.196. The number of methoxy groups -OCH3 is 2. The van der Waals surface area contributed by atoms with Gasteiger partial charge in [-0.25, -0.2) is 4.98 Å². The molecule has 0 unspecified atom stereocenters. The van der Waals surface area contributed by atoms with Crippen LogP contribution in [0.5, 0.6) is 11.9 Å². The second kappa shape index (κ2) is 7.17. The van der Waals surface area contributed by atoms with E-state index in [1.54, 1.807) is 18.5 Å². The summed E-state index contributed by atoms with van der Waals surface area (Å²) in [6, 6.07) is 3.29. The molecule has 2 aromatic heterocycles. The summed E-state index contributed by atoms with van der Waals surface area (Å²) in [6.07, 6.45) is 6.16. The summed E-state index contributed by atoms with van der Waals surface area (Å²) >= 11 is 0. The molecule has 0 aliphatic carbocycles. The Morgan fingerprint density at radius 3 is 2.74 bits per heavy atom. The van der Waals surface area contributed by atoms with Gasteiger partial charge in [0, 0.05) is 24.0 Å². The molecule has 118 valence electrons. The number of ether oxygens (including phenoxy) is 2. The van der Waals surface area contributed by atoms with Crippen LogP contribution in [0.25, 0.3) is 16.8 Å². The lowest BCUT2D eigenvalue weighted by molar-refractivity contribution is 0.353. The van der Waals surface area contributed by atoms with Crippen molar-refractivity contribution >= 4 is 12.4 Å². The van der Waals surface area contributed by atoms with Crippen LogP contribution in [0.1, 0.15) is 0 Å². The molecule has 7 heteroatoms. The molecule has 0 atom stereocenters. The molecule has 0 bridgehead atoms. The first kappa shape index (κ1) is 16.2. The highest BCUT2D eigenvalue weighted by Gasteiger charge is 2.12. The van der Waals surface area contributed by atoms with Crippen LogP contribution in [0.4, 0.5) is 0 Å². The van der Waals surface area contributed by atoms with E-state index in [0.717, 1.165) is 0 Å². The fraction of sp³-hybridized carbons (Fsp3) is 0.125. The zero-order valence-corrected chi connectivity index (χ0v) is 12.9. The fourth-order valence-electron chi connectivity index (χ4n) is 1.96. The van der Waals surface area contributed by atoms with Crippen LogP contribution in [0, 0.1) is 0 Å². The Kier molecular flexibility index (Phi) is 5.03. The maximum Gasteiger partial charge on any atom is 0.319 e. The fourth-order valence-corrected chi connectivity index (χ4v) is 1.96. The first-order chi connectivity index (χ1) is 11.1. The van der Waals surface area contributed by atoms with E-state index in [0.29, 0.717) is 22.7 Å². The summed E-state index contributed by atoms with van der Waals surface area (Å²) in [6.45, 7) is 7.06. The number of aromatic nitrogens is 3. The summed E-state index contributed by atoms with van der Waals surface area (Å²) in [5.41, 5.74) is 1.59. The lowest BCUT2D eigenvalue weighted by Crippen LogP contribution is -2.17. The molecule has 0 aliphatic heterocycles. The van der Waals surface area contributed by atoms with Crippen LogP contribution in [0.3, 0.4) is 0 Å². The second-order valence-electron chi connectivity index (χ2n) is 4.35. The van der Waals surface area contributed by atoms with E-state index in [9.17, 15) is 4.79 Å². The number of nitrogens with zero attached hydrogens (tertiary/aromatic N) is 4. The Hall–Kier alpha value is -3.22. The van der Waals surface area contributed by atoms with Gasteiger partial charge in [-0.15, -0.1) is 0 Å². The smallest absolute Gasteiger partial charge is 0.319 e. The van der Waals surface area contributed by atoms with Crippen LogP contribution in [0.2, 0.25) is 0 Å². The van der Waals surface area contributed by atoms with E-state index in [1.807, 2.05) is 0 Å². The number of allylic oxidation sites excluding steroid dienone is 2. The zero-order valence-electron chi connectivity index (χ0n) is 12.9. The highest BCUT2D eigenvalue weighted by molar-refractivity contribution is 5.69. The average molecular weight is 312 g/mol. The van der Waals surface area contributed by atoms with Gasteiger partial charge in [-0.2, -0.15) is 4.98 Å². The van der Waals surface area contributed by atoms with E-state index in [-0.39, 0.29) is 11.6 Å². The molecule has 0 spiro atoms. The van der Waals surface area contributed by atoms with Gasteiger partial charge in [0.2, 0.25) is 5.88 Å². The maximum absolute atomic E-state index is 12.1. The van der Waals surface area contributed by atoms with E-state index in [4.69, 9.17) is 9.47 Å². The molecule has 0 saturated carbocycles. The van der Waals surface area contributed by atoms with Crippen molar-refractivity contribution in [3.63, 3.8) is 0 Å². The van der Waals surface area contributed by atoms with Crippen LogP contribution in [-0.2, 0) is 0 Å². The third-order valence-electron chi connectivity index (χ3n) is 3.04. The Morgan fingerprint density at radius 1 is 1.35 bits per heavy atom. The van der Waals surface area contributed by atoms with Crippen molar-refractivity contribution in [2.75, 3.05) is 14.2 Å². The normalized spacial score (nSPS) is 11.0. The molecule has 7 nitrogen and oxygen atoms in total. The van der Waals surface area contributed by atoms with Gasteiger partial charge in [-0.05, 0) is 18.9 Å². The molecule has 0 radical (unpaired) electrons. The van der Waals surface area contributed by atoms with Gasteiger partial charge in [0.25, 0.3) is 5.56 Å². The van der Waals surface area contributed by atoms with Gasteiger partial charge in [-0.3, -0.25) is 14.4 Å². The molecule has 0 aromatic carbocycles. The standard InChI is InChI=1S/C16H16N4O3/c1-5-12(8-17-2)20-10-11(6-7-14(20)21)13-9-18-16(23-4)19-15(13)22-3/h5-10H,1-2H2,3-4H3/b12-8+. The molecule has 0 saturated heterocycles. The maximum atomic E-state index is 12.1. The predicted octanol–water partition coefficient (Wildman–Crippen LogP) is 2.01. The number of rotatable bonds is 6. The molecule has 0 aliphatic rings. The quantitative estimate of drug-likeness (QED) is 0.602. The monoisotopic (exact) mass is 312 g/mol. The van der Waals surface area contributed by atoms with Crippen molar-refractivity contribution in [3.8, 4) is 23.0 Å². The van der Waals surface area contributed by atoms with Gasteiger partial charge in [-0.1, -0.05) is 6.58 Å². The topological polar surface area (TPSA) is 78.6 Å². The predicted molar refractivity (Wildman–Crippen MR) is 88.9 cm³/mol. The van der Waals surface area contributed by atoms with Crippen molar-refractivity contribution in [1.29, 1.82) is 0 Å². The van der Waals surface area contributed by atoms with Gasteiger partial charge < -0.3 is 9.47 Å². The number of hydrogen-bond acceptors (Lipinski definition) is 6. The lowest BCUT2D eigenvalue weighted by Gasteiger charge is -2.11. The van der Waals surface area contributed by atoms with E-state index >= 15 is 0 Å². The van der Waals surface area contributed by atoms with Gasteiger partial charge >= 0.3 is 6.01 Å². The molecule has 23 heavy (non-hydrogen) atoms. The number of pyridine rings is 1. The summed E-state index contributed by atoms with van der Waals surface area (Å²) in [5, 5.41) is 0. The highest BCUT2D eigenvalue weighted by atomic mass is 16.5. The second-order valence-corrected chi connectivity index (χ2v) is 4.35. The van der Waals surface area contributed by atoms with Crippen LogP contribution in [0.15, 0.2) is 53.2 Å². The largest absolute Gasteiger partial charge is 0.480 e. The number of hydrogen-bond donors (Lipinski definition) is 0. The van der Waals surface area contributed by atoms with Gasteiger partial charge in [0.15, 0.2) is 0 Å². The number of aliphatic imine (C=N–C) groups is 1. The van der Waals surface area contributed by atoms with E-state index < -0.39 is 0 Å². The molecular weight excluding hydrogens is 296 g/mol. The minimum atomic E-state index is -0.225. The molecular formula is C16H16N4O3. The van der Waals surface area contributed by atoms with Crippen LogP contribution in [-0.4, -0.2) is 35.5 Å². The molecule has 2 rings (SSSR count). The Bertz CT molecular complexity index is 824. The lowest BCUT2D eigenvalue weighted by atomic mass is 10.1. The SMILES string of the molecule is C=C/C(=C\N=C)n1cc(-c2cnc(OC)nc2OC)ccc1=O. The summed E-state index contributed by atoms with van der Waals surface area (Å²) in [5.74, 6) is 0.341. The van der Waals surface area contributed by atoms with Gasteiger partial charge in [0.05, 0.1) is 31.7 Å². The summed E-state index contributed by atoms with van der Waals surface area (Å²) in [7, 11) is 2.97. The summed E-state index contributed by atoms with van der Waals surface area (Å²) in [4.78, 5) is 23.9. The molecule has 2 heterocycles. The first-order valence-corrected chi connectivity index (χ1v) is 6.61. The Morgan fingerprint density at radius 2 is 2.13 bits per heavy atom. The van der Waals surface area contributed by atoms with Crippen molar-refractivity contribution in [3.05, 3.63) is 53.7 Å². The zero-order chi connectivity index (χ0) is 16.8. The average Bonchev–Trinajstić information content (AvgIpc) is 2.59. The Labute approximate surface area is 133 Å². The van der Waals surface area contributed by atoms with Crippen molar-refractivity contribution in [2.24, 2.45) is 4.99 Å². The molecule has 2 aromatic rings. The van der Waals surface area contributed by atoms with Crippen molar-refractivity contribution in [1.82, 2.24) is 14.5 Å². The third-order valence-corrected chi connectivity index (χ3v) is 3.04. The third kappa shape index (κ3) is 3.34. The van der Waals surface area contributed by atoms with Crippen LogP contribution < -0.4 is 15.0 Å². The molecule has 0 fully saturated rings. The van der Waals surface area contributed by atoms with Crippen molar-refractivity contribution in [2.45, 2.75) is 0 Å². The first-order valence-electron chi connectivity index (χ1n) is 6.61. The minimum Gasteiger partial charge on any atom is -0.480 e. The molecule has 0 N–H and O–H groups in total. The van der Waals surface area contributed by atoms with Crippen molar-refractivity contribution < 1.29 is 9.47 Å². The summed E-state index contributed by atoms with van der Waals surface area (Å²) < 4.78 is 11.6. The Balaban J connectivity index is 2.62.